The van der Waals surface area contributed by atoms with E-state index in [9.17, 15) is 14.9 Å². The second-order valence-electron chi connectivity index (χ2n) is 4.99. The number of aryl methyl sites for hydroxylation is 1. The molecule has 1 amide bonds. The van der Waals surface area contributed by atoms with Crippen LogP contribution in [0.15, 0.2) is 6.20 Å². The van der Waals surface area contributed by atoms with E-state index in [2.05, 4.69) is 10.4 Å². The van der Waals surface area contributed by atoms with Gasteiger partial charge in [-0.1, -0.05) is 0 Å². The van der Waals surface area contributed by atoms with Crippen molar-refractivity contribution in [3.05, 3.63) is 22.0 Å². The molecule has 0 saturated carbocycles. The molecular weight excluding hydrogens is 280 g/mol. The van der Waals surface area contributed by atoms with Gasteiger partial charge in [0.05, 0.1) is 11.0 Å². The molecule has 0 radical (unpaired) electrons. The first kappa shape index (κ1) is 15.2. The Hall–Kier alpha value is -2.20. The third-order valence-electron chi connectivity index (χ3n) is 3.80. The lowest BCUT2D eigenvalue weighted by Crippen LogP contribution is -2.48. The van der Waals surface area contributed by atoms with Gasteiger partial charge in [-0.05, 0) is 25.9 Å². The van der Waals surface area contributed by atoms with Crippen molar-refractivity contribution in [2.24, 2.45) is 12.9 Å². The fraction of sp³-hybridized carbons (Fsp3) is 0.636. The first-order valence-corrected chi connectivity index (χ1v) is 6.57. The van der Waals surface area contributed by atoms with Crippen molar-refractivity contribution < 1.29 is 14.8 Å². The molecule has 0 spiro atoms. The van der Waals surface area contributed by atoms with E-state index in [0.717, 1.165) is 5.01 Å². The minimum atomic E-state index is -1.25. The predicted molar refractivity (Wildman–Crippen MR) is 72.5 cm³/mol. The van der Waals surface area contributed by atoms with Crippen LogP contribution in [0, 0.1) is 10.1 Å². The molecule has 2 rings (SSSR count). The Bertz CT molecular complexity index is 545. The van der Waals surface area contributed by atoms with Crippen LogP contribution >= 0.6 is 0 Å². The monoisotopic (exact) mass is 298 g/mol. The highest BCUT2D eigenvalue weighted by atomic mass is 16.6. The van der Waals surface area contributed by atoms with Crippen LogP contribution in [0.1, 0.15) is 24.5 Å². The maximum atomic E-state index is 11.2. The van der Waals surface area contributed by atoms with E-state index in [-0.39, 0.29) is 11.6 Å². The summed E-state index contributed by atoms with van der Waals surface area (Å²) in [4.78, 5) is 21.8. The number of nitro groups is 1. The molecule has 0 bridgehead atoms. The summed E-state index contributed by atoms with van der Waals surface area (Å²) in [6.45, 7) is 1.24. The summed E-state index contributed by atoms with van der Waals surface area (Å²) in [6, 6.07) is -0.536. The second-order valence-corrected chi connectivity index (χ2v) is 4.99. The highest BCUT2D eigenvalue weighted by Gasteiger charge is 2.37. The van der Waals surface area contributed by atoms with E-state index in [0.29, 0.717) is 31.6 Å². The molecule has 0 aliphatic carbocycles. The summed E-state index contributed by atoms with van der Waals surface area (Å²) in [7, 11) is 1.61. The number of nitrogens with zero attached hydrogens (tertiary/aromatic N) is 4. The molecular formula is C11H18N6O4. The zero-order chi connectivity index (χ0) is 15.6. The average molecular weight is 298 g/mol. The van der Waals surface area contributed by atoms with Crippen LogP contribution < -0.4 is 11.2 Å². The number of carboxylic acid groups (broad SMARTS) is 1. The van der Waals surface area contributed by atoms with Crippen molar-refractivity contribution in [3.8, 4) is 0 Å². The standard InChI is InChI=1S/C11H18N6O4/c1-15-10(9(6-14-15)17(20)21)7-2-4-13-5-3-8(7)16(12)11(18)19/h6-8,13H,2-5,12H2,1H3,(H,18,19). The molecule has 0 aromatic carbocycles. The van der Waals surface area contributed by atoms with Gasteiger partial charge in [-0.15, -0.1) is 0 Å². The van der Waals surface area contributed by atoms with Gasteiger partial charge < -0.3 is 10.4 Å². The van der Waals surface area contributed by atoms with E-state index >= 15 is 0 Å². The first-order valence-electron chi connectivity index (χ1n) is 6.57. The third-order valence-corrected chi connectivity index (χ3v) is 3.80. The molecule has 1 aliphatic heterocycles. The summed E-state index contributed by atoms with van der Waals surface area (Å²) in [5.74, 6) is 5.26. The van der Waals surface area contributed by atoms with Crippen LogP contribution in [0.5, 0.6) is 0 Å². The molecule has 10 nitrogen and oxygen atoms in total. The van der Waals surface area contributed by atoms with Gasteiger partial charge in [0, 0.05) is 13.0 Å². The normalized spacial score (nSPS) is 22.6. The Kier molecular flexibility index (Phi) is 4.38. The molecule has 1 saturated heterocycles. The molecule has 2 unspecified atom stereocenters. The first-order chi connectivity index (χ1) is 9.93. The van der Waals surface area contributed by atoms with Crippen LogP contribution in [0.2, 0.25) is 0 Å². The lowest BCUT2D eigenvalue weighted by atomic mass is 9.90. The van der Waals surface area contributed by atoms with E-state index in [1.807, 2.05) is 0 Å². The Balaban J connectivity index is 2.43. The minimum absolute atomic E-state index is 0.104. The van der Waals surface area contributed by atoms with Gasteiger partial charge in [0.25, 0.3) is 0 Å². The van der Waals surface area contributed by atoms with Gasteiger partial charge in [-0.25, -0.2) is 15.6 Å². The quantitative estimate of drug-likeness (QED) is 0.309. The van der Waals surface area contributed by atoms with Gasteiger partial charge in [-0.2, -0.15) is 5.10 Å². The summed E-state index contributed by atoms with van der Waals surface area (Å²) in [5, 5.41) is 28.1. The molecule has 1 fully saturated rings. The maximum Gasteiger partial charge on any atom is 0.421 e. The summed E-state index contributed by atoms with van der Waals surface area (Å²) < 4.78 is 1.43. The molecule has 4 N–H and O–H groups in total. The predicted octanol–water partition coefficient (Wildman–Crippen LogP) is 0.0176. The maximum absolute atomic E-state index is 11.2. The minimum Gasteiger partial charge on any atom is -0.464 e. The number of aromatic nitrogens is 2. The summed E-state index contributed by atoms with van der Waals surface area (Å²) >= 11 is 0. The summed E-state index contributed by atoms with van der Waals surface area (Å²) in [5.41, 5.74) is 0.304. The molecule has 21 heavy (non-hydrogen) atoms. The van der Waals surface area contributed by atoms with Gasteiger partial charge in [-0.3, -0.25) is 14.8 Å². The molecule has 1 aliphatic rings. The number of carbonyl (C=O) groups is 1. The van der Waals surface area contributed by atoms with Crippen molar-refractivity contribution in [3.63, 3.8) is 0 Å². The highest BCUT2D eigenvalue weighted by Crippen LogP contribution is 2.34. The van der Waals surface area contributed by atoms with Gasteiger partial charge in [0.2, 0.25) is 0 Å². The molecule has 116 valence electrons. The zero-order valence-electron chi connectivity index (χ0n) is 11.6. The third kappa shape index (κ3) is 2.95. The van der Waals surface area contributed by atoms with Gasteiger partial charge >= 0.3 is 11.8 Å². The zero-order valence-corrected chi connectivity index (χ0v) is 11.6. The number of hydrogen-bond acceptors (Lipinski definition) is 6. The number of hydrogen-bond donors (Lipinski definition) is 3. The SMILES string of the molecule is Cn1ncc([N+](=O)[O-])c1C1CCNCCC1N(N)C(=O)O. The van der Waals surface area contributed by atoms with E-state index in [1.165, 1.54) is 10.9 Å². The van der Waals surface area contributed by atoms with Crippen molar-refractivity contribution in [2.45, 2.75) is 24.8 Å². The number of nitrogens with two attached hydrogens (primary N) is 1. The molecule has 1 aromatic heterocycles. The fourth-order valence-electron chi connectivity index (χ4n) is 2.83. The topological polar surface area (TPSA) is 140 Å². The van der Waals surface area contributed by atoms with Crippen molar-refractivity contribution >= 4 is 11.8 Å². The number of nitrogens with one attached hydrogen (secondary N) is 1. The number of amides is 1. The molecule has 2 heterocycles. The Morgan fingerprint density at radius 3 is 2.90 bits per heavy atom. The number of rotatable bonds is 3. The lowest BCUT2D eigenvalue weighted by Gasteiger charge is -2.30. The molecule has 2 atom stereocenters. The van der Waals surface area contributed by atoms with Gasteiger partial charge in [0.1, 0.15) is 11.9 Å². The lowest BCUT2D eigenvalue weighted by molar-refractivity contribution is -0.385. The van der Waals surface area contributed by atoms with Crippen LogP contribution in [0.4, 0.5) is 10.5 Å². The smallest absolute Gasteiger partial charge is 0.421 e. The van der Waals surface area contributed by atoms with Crippen molar-refractivity contribution in [1.29, 1.82) is 0 Å². The van der Waals surface area contributed by atoms with Crippen LogP contribution in [0.25, 0.3) is 0 Å². The van der Waals surface area contributed by atoms with E-state index < -0.39 is 17.1 Å². The molecule has 10 heteroatoms. The Morgan fingerprint density at radius 2 is 2.29 bits per heavy atom. The largest absolute Gasteiger partial charge is 0.464 e. The molecule has 1 aromatic rings. The van der Waals surface area contributed by atoms with Gasteiger partial charge in [0.15, 0.2) is 0 Å². The fourth-order valence-corrected chi connectivity index (χ4v) is 2.83. The van der Waals surface area contributed by atoms with Crippen LogP contribution in [0.3, 0.4) is 0 Å². The van der Waals surface area contributed by atoms with E-state index in [1.54, 1.807) is 7.05 Å². The second kappa shape index (κ2) is 6.06. The van der Waals surface area contributed by atoms with Crippen LogP contribution in [-0.2, 0) is 7.05 Å². The van der Waals surface area contributed by atoms with E-state index in [4.69, 9.17) is 10.9 Å². The highest BCUT2D eigenvalue weighted by molar-refractivity contribution is 5.64. The van der Waals surface area contributed by atoms with Crippen molar-refractivity contribution in [1.82, 2.24) is 20.1 Å². The Morgan fingerprint density at radius 1 is 1.62 bits per heavy atom. The average Bonchev–Trinajstić information content (AvgIpc) is 2.67. The summed E-state index contributed by atoms with van der Waals surface area (Å²) in [6.07, 6.45) is 0.963. The van der Waals surface area contributed by atoms with Crippen molar-refractivity contribution in [2.75, 3.05) is 13.1 Å². The number of hydrazine groups is 1. The van der Waals surface area contributed by atoms with Crippen LogP contribution in [-0.4, -0.2) is 50.0 Å². The Labute approximate surface area is 120 Å².